The van der Waals surface area contributed by atoms with Crippen LogP contribution in [0.4, 0.5) is 0 Å². The largest absolute Gasteiger partial charge is 0.324 e. The van der Waals surface area contributed by atoms with Crippen molar-refractivity contribution in [1.82, 2.24) is 0 Å². The van der Waals surface area contributed by atoms with Crippen LogP contribution in [0.2, 0.25) is 5.02 Å². The molecule has 94 valence electrons. The van der Waals surface area contributed by atoms with Gasteiger partial charge >= 0.3 is 0 Å². The van der Waals surface area contributed by atoms with Crippen molar-refractivity contribution in [1.29, 1.82) is 0 Å². The van der Waals surface area contributed by atoms with E-state index in [9.17, 15) is 0 Å². The lowest BCUT2D eigenvalue weighted by Gasteiger charge is -2.15. The third-order valence-electron chi connectivity index (χ3n) is 2.95. The Balaban J connectivity index is 2.22. The molecule has 0 saturated carbocycles. The average Bonchev–Trinajstić information content (AvgIpc) is 2.32. The van der Waals surface area contributed by atoms with Crippen LogP contribution < -0.4 is 5.73 Å². The molecule has 2 aromatic rings. The van der Waals surface area contributed by atoms with Crippen LogP contribution in [0.25, 0.3) is 0 Å². The van der Waals surface area contributed by atoms with Crippen LogP contribution in [0.1, 0.15) is 22.7 Å². The Morgan fingerprint density at radius 2 is 1.94 bits per heavy atom. The van der Waals surface area contributed by atoms with Crippen LogP contribution in [-0.2, 0) is 6.42 Å². The number of hydrogen-bond acceptors (Lipinski definition) is 1. The van der Waals surface area contributed by atoms with Crippen LogP contribution in [0, 0.1) is 6.92 Å². The van der Waals surface area contributed by atoms with Crippen molar-refractivity contribution in [2.45, 2.75) is 19.4 Å². The number of aryl methyl sites for hydroxylation is 1. The van der Waals surface area contributed by atoms with E-state index in [1.54, 1.807) is 0 Å². The van der Waals surface area contributed by atoms with Gasteiger partial charge in [0.15, 0.2) is 0 Å². The smallest absolute Gasteiger partial charge is 0.0456 e. The quantitative estimate of drug-likeness (QED) is 0.873. The second kappa shape index (κ2) is 5.87. The van der Waals surface area contributed by atoms with E-state index >= 15 is 0 Å². The van der Waals surface area contributed by atoms with Gasteiger partial charge in [-0.05, 0) is 42.2 Å². The topological polar surface area (TPSA) is 26.0 Å². The summed E-state index contributed by atoms with van der Waals surface area (Å²) >= 11 is 9.78. The van der Waals surface area contributed by atoms with Crippen molar-refractivity contribution in [2.24, 2.45) is 5.73 Å². The van der Waals surface area contributed by atoms with Gasteiger partial charge in [-0.2, -0.15) is 0 Å². The minimum Gasteiger partial charge on any atom is -0.324 e. The van der Waals surface area contributed by atoms with Gasteiger partial charge in [0.05, 0.1) is 0 Å². The van der Waals surface area contributed by atoms with Crippen LogP contribution in [-0.4, -0.2) is 0 Å². The molecule has 18 heavy (non-hydrogen) atoms. The van der Waals surface area contributed by atoms with E-state index in [4.69, 9.17) is 17.3 Å². The van der Waals surface area contributed by atoms with Crippen molar-refractivity contribution in [3.8, 4) is 0 Å². The molecular formula is C15H15BrClN. The Hall–Kier alpha value is -0.830. The fraction of sp³-hybridized carbons (Fsp3) is 0.200. The van der Waals surface area contributed by atoms with E-state index in [-0.39, 0.29) is 6.04 Å². The Morgan fingerprint density at radius 1 is 1.22 bits per heavy atom. The number of rotatable bonds is 3. The molecule has 0 amide bonds. The molecule has 0 fully saturated rings. The summed E-state index contributed by atoms with van der Waals surface area (Å²) in [5, 5.41) is 0.745. The molecule has 2 aromatic carbocycles. The first kappa shape index (κ1) is 13.6. The van der Waals surface area contributed by atoms with Gasteiger partial charge in [-0.15, -0.1) is 0 Å². The standard InChI is InChI=1S/C15H15BrClN/c1-10-6-7-12(14(17)8-10)15(18)9-11-4-2-3-5-13(11)16/h2-8,15H,9,18H2,1H3. The molecule has 0 aromatic heterocycles. The van der Waals surface area contributed by atoms with E-state index < -0.39 is 0 Å². The zero-order valence-electron chi connectivity index (χ0n) is 10.2. The van der Waals surface area contributed by atoms with Gasteiger partial charge in [0, 0.05) is 15.5 Å². The third-order valence-corrected chi connectivity index (χ3v) is 4.05. The van der Waals surface area contributed by atoms with E-state index in [0.29, 0.717) is 0 Å². The fourth-order valence-corrected chi connectivity index (χ4v) is 2.77. The van der Waals surface area contributed by atoms with Gasteiger partial charge in [-0.25, -0.2) is 0 Å². The number of halogens is 2. The molecule has 0 radical (unpaired) electrons. The lowest BCUT2D eigenvalue weighted by Crippen LogP contribution is -2.14. The first-order valence-electron chi connectivity index (χ1n) is 5.83. The molecule has 0 aliphatic heterocycles. The Bertz CT molecular complexity index is 554. The molecule has 1 atom stereocenters. The highest BCUT2D eigenvalue weighted by molar-refractivity contribution is 9.10. The first-order chi connectivity index (χ1) is 8.58. The molecule has 2 N–H and O–H groups in total. The summed E-state index contributed by atoms with van der Waals surface area (Å²) in [5.41, 5.74) is 9.59. The number of nitrogens with two attached hydrogens (primary N) is 1. The van der Waals surface area contributed by atoms with Gasteiger partial charge in [0.25, 0.3) is 0 Å². The van der Waals surface area contributed by atoms with Crippen molar-refractivity contribution in [3.63, 3.8) is 0 Å². The van der Waals surface area contributed by atoms with E-state index in [0.717, 1.165) is 27.0 Å². The molecule has 0 spiro atoms. The molecule has 1 unspecified atom stereocenters. The predicted octanol–water partition coefficient (Wildman–Crippen LogP) is 4.65. The maximum atomic E-state index is 6.24. The summed E-state index contributed by atoms with van der Waals surface area (Å²) in [5.74, 6) is 0. The second-order valence-corrected chi connectivity index (χ2v) is 5.69. The maximum absolute atomic E-state index is 6.24. The summed E-state index contributed by atoms with van der Waals surface area (Å²) in [6.07, 6.45) is 0.768. The van der Waals surface area contributed by atoms with Crippen molar-refractivity contribution in [2.75, 3.05) is 0 Å². The molecule has 1 nitrogen and oxygen atoms in total. The Labute approximate surface area is 121 Å². The Morgan fingerprint density at radius 3 is 2.61 bits per heavy atom. The van der Waals surface area contributed by atoms with Crippen LogP contribution in [0.3, 0.4) is 0 Å². The second-order valence-electron chi connectivity index (χ2n) is 4.43. The minimum absolute atomic E-state index is 0.0863. The molecule has 0 aliphatic carbocycles. The lowest BCUT2D eigenvalue weighted by molar-refractivity contribution is 0.720. The lowest BCUT2D eigenvalue weighted by atomic mass is 9.99. The predicted molar refractivity (Wildman–Crippen MR) is 81.0 cm³/mol. The molecule has 0 aliphatic rings. The van der Waals surface area contributed by atoms with Gasteiger partial charge in [0.2, 0.25) is 0 Å². The zero-order chi connectivity index (χ0) is 13.1. The zero-order valence-corrected chi connectivity index (χ0v) is 12.5. The maximum Gasteiger partial charge on any atom is 0.0456 e. The highest BCUT2D eigenvalue weighted by Crippen LogP contribution is 2.27. The van der Waals surface area contributed by atoms with Gasteiger partial charge < -0.3 is 5.73 Å². The SMILES string of the molecule is Cc1ccc(C(N)Cc2ccccc2Br)c(Cl)c1. The highest BCUT2D eigenvalue weighted by atomic mass is 79.9. The molecule has 0 bridgehead atoms. The summed E-state index contributed by atoms with van der Waals surface area (Å²) in [6.45, 7) is 2.02. The summed E-state index contributed by atoms with van der Waals surface area (Å²) in [6, 6.07) is 14.0. The number of benzene rings is 2. The summed E-state index contributed by atoms with van der Waals surface area (Å²) in [7, 11) is 0. The fourth-order valence-electron chi connectivity index (χ4n) is 1.94. The summed E-state index contributed by atoms with van der Waals surface area (Å²) < 4.78 is 1.09. The molecular weight excluding hydrogens is 310 g/mol. The van der Waals surface area contributed by atoms with Gasteiger partial charge in [0.1, 0.15) is 0 Å². The Kier molecular flexibility index (Phi) is 4.44. The van der Waals surface area contributed by atoms with Gasteiger partial charge in [-0.1, -0.05) is 57.9 Å². The van der Waals surface area contributed by atoms with Crippen LogP contribution in [0.5, 0.6) is 0 Å². The van der Waals surface area contributed by atoms with E-state index in [1.807, 2.05) is 43.3 Å². The normalized spacial score (nSPS) is 12.4. The molecule has 0 saturated heterocycles. The van der Waals surface area contributed by atoms with Crippen LogP contribution in [0.15, 0.2) is 46.9 Å². The first-order valence-corrected chi connectivity index (χ1v) is 7.00. The minimum atomic E-state index is -0.0863. The van der Waals surface area contributed by atoms with Crippen LogP contribution >= 0.6 is 27.5 Å². The van der Waals surface area contributed by atoms with Gasteiger partial charge in [-0.3, -0.25) is 0 Å². The van der Waals surface area contributed by atoms with E-state index in [1.165, 1.54) is 5.56 Å². The molecule has 0 heterocycles. The average molecular weight is 325 g/mol. The summed E-state index contributed by atoms with van der Waals surface area (Å²) in [4.78, 5) is 0. The molecule has 2 rings (SSSR count). The van der Waals surface area contributed by atoms with Crippen molar-refractivity contribution in [3.05, 3.63) is 68.7 Å². The monoisotopic (exact) mass is 323 g/mol. The van der Waals surface area contributed by atoms with Crippen molar-refractivity contribution < 1.29 is 0 Å². The number of hydrogen-bond donors (Lipinski definition) is 1. The van der Waals surface area contributed by atoms with Crippen molar-refractivity contribution >= 4 is 27.5 Å². The van der Waals surface area contributed by atoms with E-state index in [2.05, 4.69) is 22.0 Å². The molecule has 3 heteroatoms. The third kappa shape index (κ3) is 3.14. The highest BCUT2D eigenvalue weighted by Gasteiger charge is 2.12.